The highest BCUT2D eigenvalue weighted by atomic mass is 32.1. The van der Waals surface area contributed by atoms with Crippen molar-refractivity contribution in [1.82, 2.24) is 16.0 Å². The molecule has 0 aliphatic carbocycles. The first-order valence-corrected chi connectivity index (χ1v) is 11.3. The zero-order valence-corrected chi connectivity index (χ0v) is 20.2. The largest absolute Gasteiger partial charge is 0.480 e. The Morgan fingerprint density at radius 2 is 1.50 bits per heavy atom. The standard InChI is InChI=1S/C19H36N8O6S/c1-9(2)14(27-15(29)10(20)8-34)17(31)25-11(5-6-13(21)28)16(30)26-12(18(32)33)4-3-7-24-19(22)23/h9-12,14,34H,3-8,20H2,1-2H3,(H2,21,28)(H,25,31)(H,26,30)(H,27,29)(H,32,33)(H4,22,23,24). The number of rotatable bonds is 16. The molecule has 14 nitrogen and oxygen atoms in total. The molecule has 0 heterocycles. The van der Waals surface area contributed by atoms with Crippen LogP contribution >= 0.6 is 12.6 Å². The second kappa shape index (κ2) is 15.7. The van der Waals surface area contributed by atoms with E-state index < -0.39 is 53.8 Å². The molecule has 4 unspecified atom stereocenters. The third kappa shape index (κ3) is 12.2. The van der Waals surface area contributed by atoms with Crippen molar-refractivity contribution in [2.24, 2.45) is 33.8 Å². The molecule has 4 atom stereocenters. The molecule has 194 valence electrons. The Hall–Kier alpha value is -3.07. The summed E-state index contributed by atoms with van der Waals surface area (Å²) in [4.78, 5) is 64.3. The fourth-order valence-corrected chi connectivity index (χ4v) is 2.89. The molecule has 0 rings (SSSR count). The lowest BCUT2D eigenvalue weighted by atomic mass is 10.0. The second-order valence-electron chi connectivity index (χ2n) is 7.93. The molecule has 0 aliphatic rings. The molecule has 4 amide bonds. The van der Waals surface area contributed by atoms with Crippen molar-refractivity contribution in [3.63, 3.8) is 0 Å². The molecule has 0 saturated carbocycles. The molecule has 0 aliphatic heterocycles. The summed E-state index contributed by atoms with van der Waals surface area (Å²) in [5.74, 6) is -4.62. The number of aliphatic imine (C=N–C) groups is 1. The molecular formula is C19H36N8O6S. The van der Waals surface area contributed by atoms with Crippen LogP contribution in [0.15, 0.2) is 4.99 Å². The molecule has 0 saturated heterocycles. The number of aliphatic carboxylic acids is 1. The van der Waals surface area contributed by atoms with Gasteiger partial charge in [-0.1, -0.05) is 13.8 Å². The van der Waals surface area contributed by atoms with Gasteiger partial charge in [-0.2, -0.15) is 12.6 Å². The van der Waals surface area contributed by atoms with Crippen LogP contribution in [0.4, 0.5) is 0 Å². The minimum absolute atomic E-state index is 0.0145. The van der Waals surface area contributed by atoms with E-state index in [1.54, 1.807) is 13.8 Å². The van der Waals surface area contributed by atoms with Crippen LogP contribution in [-0.4, -0.2) is 77.1 Å². The Kier molecular flexibility index (Phi) is 14.3. The number of hydrogen-bond acceptors (Lipinski definition) is 8. The van der Waals surface area contributed by atoms with Crippen LogP contribution in [0.1, 0.15) is 39.5 Å². The number of carbonyl (C=O) groups excluding carboxylic acids is 4. The molecule has 0 fully saturated rings. The minimum atomic E-state index is -1.30. The first kappa shape index (κ1) is 30.9. The number of nitrogens with zero attached hydrogens (tertiary/aromatic N) is 1. The lowest BCUT2D eigenvalue weighted by Gasteiger charge is -2.26. The summed E-state index contributed by atoms with van der Waals surface area (Å²) in [5, 5.41) is 16.7. The second-order valence-corrected chi connectivity index (χ2v) is 8.30. The van der Waals surface area contributed by atoms with Gasteiger partial charge >= 0.3 is 5.97 Å². The molecular weight excluding hydrogens is 468 g/mol. The van der Waals surface area contributed by atoms with Gasteiger partial charge in [0.15, 0.2) is 5.96 Å². The molecule has 0 aromatic rings. The maximum atomic E-state index is 12.8. The van der Waals surface area contributed by atoms with E-state index in [0.29, 0.717) is 0 Å². The number of guanidine groups is 1. The molecule has 15 heteroatoms. The summed E-state index contributed by atoms with van der Waals surface area (Å²) in [6.07, 6.45) is -0.146. The van der Waals surface area contributed by atoms with Gasteiger partial charge in [-0.05, 0) is 25.2 Å². The van der Waals surface area contributed by atoms with Gasteiger partial charge in [0.25, 0.3) is 0 Å². The van der Waals surface area contributed by atoms with E-state index in [1.165, 1.54) is 0 Å². The fourth-order valence-electron chi connectivity index (χ4n) is 2.73. The average molecular weight is 505 g/mol. The summed E-state index contributed by atoms with van der Waals surface area (Å²) in [6.45, 7) is 3.51. The first-order chi connectivity index (χ1) is 15.8. The van der Waals surface area contributed by atoms with E-state index in [2.05, 4.69) is 33.6 Å². The maximum absolute atomic E-state index is 12.8. The van der Waals surface area contributed by atoms with Crippen molar-refractivity contribution in [1.29, 1.82) is 0 Å². The average Bonchev–Trinajstić information content (AvgIpc) is 2.74. The Morgan fingerprint density at radius 1 is 0.912 bits per heavy atom. The zero-order valence-electron chi connectivity index (χ0n) is 19.3. The van der Waals surface area contributed by atoms with Crippen LogP contribution in [0.2, 0.25) is 0 Å². The Morgan fingerprint density at radius 3 is 1.97 bits per heavy atom. The number of carboxylic acids is 1. The van der Waals surface area contributed by atoms with Gasteiger partial charge in [-0.3, -0.25) is 24.2 Å². The summed E-state index contributed by atoms with van der Waals surface area (Å²) in [5.41, 5.74) is 21.2. The molecule has 0 aromatic heterocycles. The highest BCUT2D eigenvalue weighted by molar-refractivity contribution is 7.80. The van der Waals surface area contributed by atoms with Crippen molar-refractivity contribution in [2.45, 2.75) is 63.7 Å². The molecule has 0 spiro atoms. The zero-order chi connectivity index (χ0) is 26.4. The summed E-state index contributed by atoms with van der Waals surface area (Å²) < 4.78 is 0. The van der Waals surface area contributed by atoms with E-state index in [-0.39, 0.29) is 49.9 Å². The fraction of sp³-hybridized carbons (Fsp3) is 0.684. The van der Waals surface area contributed by atoms with Crippen molar-refractivity contribution in [3.8, 4) is 0 Å². The molecule has 12 N–H and O–H groups in total. The molecule has 0 bridgehead atoms. The highest BCUT2D eigenvalue weighted by Gasteiger charge is 2.31. The van der Waals surface area contributed by atoms with E-state index in [9.17, 15) is 29.1 Å². The smallest absolute Gasteiger partial charge is 0.326 e. The van der Waals surface area contributed by atoms with E-state index in [4.69, 9.17) is 22.9 Å². The minimum Gasteiger partial charge on any atom is -0.480 e. The van der Waals surface area contributed by atoms with Crippen molar-refractivity contribution < 1.29 is 29.1 Å². The summed E-state index contributed by atoms with van der Waals surface area (Å²) in [7, 11) is 0. The van der Waals surface area contributed by atoms with E-state index >= 15 is 0 Å². The Balaban J connectivity index is 5.43. The number of carbonyl (C=O) groups is 5. The number of nitrogens with two attached hydrogens (primary N) is 4. The van der Waals surface area contributed by atoms with E-state index in [0.717, 1.165) is 0 Å². The van der Waals surface area contributed by atoms with Crippen LogP contribution in [0.3, 0.4) is 0 Å². The lowest BCUT2D eigenvalue weighted by molar-refractivity contribution is -0.142. The number of hydrogen-bond donors (Lipinski definition) is 9. The predicted octanol–water partition coefficient (Wildman–Crippen LogP) is -3.24. The van der Waals surface area contributed by atoms with Crippen molar-refractivity contribution in [2.75, 3.05) is 12.3 Å². The predicted molar refractivity (Wildman–Crippen MR) is 128 cm³/mol. The van der Waals surface area contributed by atoms with Gasteiger partial charge in [0.05, 0.1) is 6.04 Å². The number of amides is 4. The highest BCUT2D eigenvalue weighted by Crippen LogP contribution is 2.07. The topological polar surface area (TPSA) is 258 Å². The number of primary amides is 1. The van der Waals surface area contributed by atoms with Crippen LogP contribution < -0.4 is 38.9 Å². The number of carboxylic acid groups (broad SMARTS) is 1. The van der Waals surface area contributed by atoms with Crippen LogP contribution in [-0.2, 0) is 24.0 Å². The van der Waals surface area contributed by atoms with Crippen molar-refractivity contribution >= 4 is 48.2 Å². The van der Waals surface area contributed by atoms with Crippen LogP contribution in [0, 0.1) is 5.92 Å². The molecule has 34 heavy (non-hydrogen) atoms. The maximum Gasteiger partial charge on any atom is 0.326 e. The van der Waals surface area contributed by atoms with Gasteiger partial charge in [0.2, 0.25) is 23.6 Å². The quantitative estimate of drug-likeness (QED) is 0.0442. The Bertz CT molecular complexity index is 759. The van der Waals surface area contributed by atoms with Crippen molar-refractivity contribution in [3.05, 3.63) is 0 Å². The third-order valence-electron chi connectivity index (χ3n) is 4.65. The molecule has 0 radical (unpaired) electrons. The number of nitrogens with one attached hydrogen (secondary N) is 3. The SMILES string of the molecule is CC(C)C(NC(=O)C(N)CS)C(=O)NC(CCC(N)=O)C(=O)NC(CCCN=C(N)N)C(=O)O. The van der Waals surface area contributed by atoms with Gasteiger partial charge in [0, 0.05) is 18.7 Å². The van der Waals surface area contributed by atoms with Gasteiger partial charge in [0.1, 0.15) is 18.1 Å². The lowest BCUT2D eigenvalue weighted by Crippen LogP contribution is -2.58. The van der Waals surface area contributed by atoms with E-state index in [1.807, 2.05) is 0 Å². The van der Waals surface area contributed by atoms with Gasteiger partial charge in [-0.25, -0.2) is 4.79 Å². The normalized spacial score (nSPS) is 14.3. The number of thiol groups is 1. The van der Waals surface area contributed by atoms with Gasteiger partial charge < -0.3 is 44.0 Å². The summed E-state index contributed by atoms with van der Waals surface area (Å²) >= 11 is 3.95. The molecule has 0 aromatic carbocycles. The van der Waals surface area contributed by atoms with Gasteiger partial charge in [-0.15, -0.1) is 0 Å². The Labute approximate surface area is 203 Å². The third-order valence-corrected chi connectivity index (χ3v) is 5.05. The monoisotopic (exact) mass is 504 g/mol. The van der Waals surface area contributed by atoms with Crippen LogP contribution in [0.5, 0.6) is 0 Å². The first-order valence-electron chi connectivity index (χ1n) is 10.6. The van der Waals surface area contributed by atoms with Crippen LogP contribution in [0.25, 0.3) is 0 Å². The summed E-state index contributed by atoms with van der Waals surface area (Å²) in [6, 6.07) is -4.56.